The first-order valence-electron chi connectivity index (χ1n) is 8.51. The van der Waals surface area contributed by atoms with Crippen LogP contribution in [0.2, 0.25) is 0 Å². The van der Waals surface area contributed by atoms with Gasteiger partial charge in [-0.1, -0.05) is 6.07 Å². The Balaban J connectivity index is 1.79. The van der Waals surface area contributed by atoms with Crippen molar-refractivity contribution in [3.8, 4) is 5.75 Å². The topological polar surface area (TPSA) is 115 Å². The van der Waals surface area contributed by atoms with Crippen molar-refractivity contribution in [2.24, 2.45) is 13.8 Å². The van der Waals surface area contributed by atoms with Crippen LogP contribution in [0.1, 0.15) is 17.1 Å². The van der Waals surface area contributed by atoms with E-state index in [0.717, 1.165) is 11.5 Å². The maximum Gasteiger partial charge on any atom is 0.269 e. The second-order valence-corrected chi connectivity index (χ2v) is 7.07. The number of rotatable bonds is 4. The largest absolute Gasteiger partial charge is 0.505 e. The average molecular weight is 402 g/mol. The first-order valence-corrected chi connectivity index (χ1v) is 9.58. The summed E-state index contributed by atoms with van der Waals surface area (Å²) in [6, 6.07) is 8.96. The number of aromatic hydroxyl groups is 1. The van der Waals surface area contributed by atoms with E-state index in [9.17, 15) is 9.32 Å². The number of benzene rings is 1. The third-order valence-corrected chi connectivity index (χ3v) is 4.63. The highest BCUT2D eigenvalue weighted by Crippen LogP contribution is 2.29. The number of nitrogens with one attached hydrogen (secondary N) is 2. The Morgan fingerprint density at radius 1 is 1.25 bits per heavy atom. The molecule has 0 fully saturated rings. The minimum Gasteiger partial charge on any atom is -0.505 e. The Kier molecular flexibility index (Phi) is 5.78. The molecule has 1 aromatic heterocycles. The zero-order valence-corrected chi connectivity index (χ0v) is 16.9. The van der Waals surface area contributed by atoms with Gasteiger partial charge in [0.15, 0.2) is 11.7 Å². The van der Waals surface area contributed by atoms with E-state index < -0.39 is 11.2 Å². The number of hydrogen-bond acceptors (Lipinski definition) is 6. The molecule has 1 unspecified atom stereocenters. The summed E-state index contributed by atoms with van der Waals surface area (Å²) in [6.45, 7) is 2.22. The molecule has 0 bridgehead atoms. The molecule has 3 N–H and O–H groups in total. The van der Waals surface area contributed by atoms with Crippen LogP contribution in [0.4, 0.5) is 5.69 Å². The Labute approximate surface area is 165 Å². The summed E-state index contributed by atoms with van der Waals surface area (Å²) in [6.07, 6.45) is 0. The smallest absolute Gasteiger partial charge is 0.269 e. The van der Waals surface area contributed by atoms with Gasteiger partial charge in [0.2, 0.25) is 0 Å². The maximum absolute atomic E-state index is 11.8. The van der Waals surface area contributed by atoms with Gasteiger partial charge in [0.05, 0.1) is 17.8 Å². The predicted octanol–water partition coefficient (Wildman–Crippen LogP) is 1.82. The fraction of sp³-hybridized carbons (Fsp3) is 0.278. The molecule has 0 saturated carbocycles. The Morgan fingerprint density at radius 3 is 2.64 bits per heavy atom. The van der Waals surface area contributed by atoms with E-state index in [1.807, 2.05) is 33.2 Å². The van der Waals surface area contributed by atoms with Crippen molar-refractivity contribution in [3.63, 3.8) is 0 Å². The number of phenolic OH excluding ortho intramolecular Hbond substituents is 1. The molecule has 148 valence electrons. The number of para-hydroxylation sites is 1. The summed E-state index contributed by atoms with van der Waals surface area (Å²) in [7, 11) is 5.35. The molecule has 1 aliphatic rings. The molecule has 1 aromatic carbocycles. The van der Waals surface area contributed by atoms with Gasteiger partial charge in [0.25, 0.3) is 11.2 Å². The molecule has 0 radical (unpaired) electrons. The molecule has 2 heterocycles. The molecule has 9 nitrogen and oxygen atoms in total. The number of phenols is 1. The standard InChI is InChI=1S/C18H22N6O3S/c1-11-8-9-12(27-11)10-20-16-17(23-28(26)22-16)21-14-7-5-6-13(15(14)25)18(19-2)24(3)4/h5-9,25H,10H2,1-4H3,(H,20,22)(H,21,23). The second-order valence-electron chi connectivity index (χ2n) is 6.24. The van der Waals surface area contributed by atoms with Gasteiger partial charge >= 0.3 is 0 Å². The lowest BCUT2D eigenvalue weighted by Gasteiger charge is -2.18. The molecule has 28 heavy (non-hydrogen) atoms. The van der Waals surface area contributed by atoms with Gasteiger partial charge in [-0.3, -0.25) is 4.99 Å². The molecule has 0 spiro atoms. The van der Waals surface area contributed by atoms with Crippen LogP contribution in [-0.2, 0) is 17.7 Å². The molecule has 0 aliphatic carbocycles. The van der Waals surface area contributed by atoms with Gasteiger partial charge in [-0.15, -0.1) is 8.80 Å². The number of hydrogen-bond donors (Lipinski definition) is 3. The number of anilines is 1. The zero-order chi connectivity index (χ0) is 20.3. The van der Waals surface area contributed by atoms with Crippen molar-refractivity contribution < 1.29 is 13.7 Å². The van der Waals surface area contributed by atoms with E-state index in [4.69, 9.17) is 4.42 Å². The molecule has 1 aliphatic heterocycles. The minimum absolute atomic E-state index is 0.0122. The Morgan fingerprint density at radius 2 is 2.00 bits per heavy atom. The molecular weight excluding hydrogens is 380 g/mol. The van der Waals surface area contributed by atoms with Crippen LogP contribution in [0.5, 0.6) is 5.75 Å². The highest BCUT2D eigenvalue weighted by atomic mass is 32.2. The molecular formula is C18H22N6O3S. The van der Waals surface area contributed by atoms with Crippen LogP contribution < -0.4 is 10.6 Å². The SMILES string of the molecule is CN=C(c1cccc(NC2=NS(=O)N=C2NCc2ccc(C)o2)c1O)N(C)C. The number of aliphatic imine (C=N–C) groups is 1. The minimum atomic E-state index is -1.73. The van der Waals surface area contributed by atoms with Crippen molar-refractivity contribution in [2.45, 2.75) is 13.5 Å². The van der Waals surface area contributed by atoms with Crippen molar-refractivity contribution in [2.75, 3.05) is 26.5 Å². The molecule has 2 aromatic rings. The molecule has 1 atom stereocenters. The van der Waals surface area contributed by atoms with Crippen molar-refractivity contribution in [1.29, 1.82) is 0 Å². The van der Waals surface area contributed by atoms with Crippen LogP contribution in [-0.4, -0.2) is 52.9 Å². The summed E-state index contributed by atoms with van der Waals surface area (Å²) in [5.41, 5.74) is 0.969. The van der Waals surface area contributed by atoms with Gasteiger partial charge in [0, 0.05) is 21.1 Å². The van der Waals surface area contributed by atoms with Gasteiger partial charge in [-0.2, -0.15) is 0 Å². The number of amidine groups is 3. The Bertz CT molecular complexity index is 993. The lowest BCUT2D eigenvalue weighted by atomic mass is 10.1. The first-order chi connectivity index (χ1) is 13.4. The van der Waals surface area contributed by atoms with Gasteiger partial charge < -0.3 is 25.1 Å². The van der Waals surface area contributed by atoms with Crippen LogP contribution >= 0.6 is 0 Å². The number of aryl methyl sites for hydroxylation is 1. The van der Waals surface area contributed by atoms with E-state index in [1.54, 1.807) is 30.1 Å². The highest BCUT2D eigenvalue weighted by molar-refractivity contribution is 7.83. The van der Waals surface area contributed by atoms with E-state index in [-0.39, 0.29) is 11.6 Å². The second kappa shape index (κ2) is 8.26. The normalized spacial score (nSPS) is 16.6. The van der Waals surface area contributed by atoms with Crippen molar-refractivity contribution in [1.82, 2.24) is 10.2 Å². The highest BCUT2D eigenvalue weighted by Gasteiger charge is 2.22. The average Bonchev–Trinajstić information content (AvgIpc) is 3.21. The summed E-state index contributed by atoms with van der Waals surface area (Å²) in [4.78, 5) is 6.02. The van der Waals surface area contributed by atoms with Gasteiger partial charge in [0.1, 0.15) is 23.1 Å². The molecule has 0 amide bonds. The predicted molar refractivity (Wildman–Crippen MR) is 111 cm³/mol. The Hall–Kier alpha value is -3.14. The molecule has 10 heteroatoms. The zero-order valence-electron chi connectivity index (χ0n) is 16.1. The van der Waals surface area contributed by atoms with Crippen LogP contribution in [0.15, 0.2) is 48.5 Å². The maximum atomic E-state index is 11.8. The van der Waals surface area contributed by atoms with Crippen LogP contribution in [0, 0.1) is 6.92 Å². The third-order valence-electron chi connectivity index (χ3n) is 3.95. The van der Waals surface area contributed by atoms with Gasteiger partial charge in [-0.25, -0.2) is 4.21 Å². The molecule has 3 rings (SSSR count). The van der Waals surface area contributed by atoms with Crippen molar-refractivity contribution >= 4 is 34.4 Å². The van der Waals surface area contributed by atoms with Crippen LogP contribution in [0.25, 0.3) is 0 Å². The lowest BCUT2D eigenvalue weighted by Crippen LogP contribution is -2.33. The van der Waals surface area contributed by atoms with Gasteiger partial charge in [-0.05, 0) is 31.2 Å². The van der Waals surface area contributed by atoms with E-state index in [2.05, 4.69) is 24.4 Å². The van der Waals surface area contributed by atoms with Crippen molar-refractivity contribution in [3.05, 3.63) is 47.4 Å². The quantitative estimate of drug-likeness (QED) is 0.408. The third kappa shape index (κ3) is 4.22. The number of nitrogens with zero attached hydrogens (tertiary/aromatic N) is 4. The fourth-order valence-corrected chi connectivity index (χ4v) is 3.36. The summed E-state index contributed by atoms with van der Waals surface area (Å²) >= 11 is -1.73. The van der Waals surface area contributed by atoms with E-state index in [0.29, 0.717) is 29.5 Å². The van der Waals surface area contributed by atoms with Crippen LogP contribution in [0.3, 0.4) is 0 Å². The summed E-state index contributed by atoms with van der Waals surface area (Å²) in [5.74, 6) is 2.76. The van der Waals surface area contributed by atoms with E-state index >= 15 is 0 Å². The number of furan rings is 1. The summed E-state index contributed by atoms with van der Waals surface area (Å²) < 4.78 is 25.3. The molecule has 0 saturated heterocycles. The fourth-order valence-electron chi connectivity index (χ4n) is 2.73. The first kappa shape index (κ1) is 19.6. The van der Waals surface area contributed by atoms with E-state index in [1.165, 1.54) is 0 Å². The lowest BCUT2D eigenvalue weighted by molar-refractivity contribution is 0.474. The monoisotopic (exact) mass is 402 g/mol. The summed E-state index contributed by atoms with van der Waals surface area (Å²) in [5, 5.41) is 16.7.